The van der Waals surface area contributed by atoms with Crippen molar-refractivity contribution < 1.29 is 32.7 Å². The van der Waals surface area contributed by atoms with Crippen LogP contribution in [-0.4, -0.2) is 41.6 Å². The van der Waals surface area contributed by atoms with Crippen LogP contribution in [0.4, 0.5) is 11.4 Å². The Morgan fingerprint density at radius 2 is 1.09 bits per heavy atom. The molecule has 0 amide bonds. The third kappa shape index (κ3) is 3.61. The minimum atomic E-state index is 0. The molecule has 4 radical (unpaired) electrons. The first-order valence-electron chi connectivity index (χ1n) is 6.74. The molecule has 1 aromatic heterocycles. The Morgan fingerprint density at radius 3 is 1.45 bits per heavy atom. The minimum absolute atomic E-state index is 0. The number of benzene rings is 2. The Balaban J connectivity index is 0.00000121. The van der Waals surface area contributed by atoms with Gasteiger partial charge in [0.25, 0.3) is 0 Å². The molecule has 3 rings (SSSR count). The molecule has 0 saturated heterocycles. The zero-order valence-electron chi connectivity index (χ0n) is 13.5. The topological polar surface area (TPSA) is 19.4 Å². The van der Waals surface area contributed by atoms with E-state index in [1.54, 1.807) is 0 Å². The Labute approximate surface area is 159 Å². The van der Waals surface area contributed by atoms with Crippen LogP contribution in [0.15, 0.2) is 42.5 Å². The first-order chi connectivity index (χ1) is 9.54. The van der Waals surface area contributed by atoms with Crippen molar-refractivity contribution in [1.82, 2.24) is 4.98 Å². The van der Waals surface area contributed by atoms with Gasteiger partial charge in [0.15, 0.2) is 0 Å². The summed E-state index contributed by atoms with van der Waals surface area (Å²) < 4.78 is 0. The molecule has 0 fully saturated rings. The molecule has 1 heterocycles. The van der Waals surface area contributed by atoms with E-state index in [4.69, 9.17) is 4.98 Å². The van der Waals surface area contributed by atoms with E-state index < -0.39 is 0 Å². The van der Waals surface area contributed by atoms with Gasteiger partial charge in [0.05, 0.1) is 11.0 Å². The first kappa shape index (κ1) is 18.9. The normalized spacial score (nSPS) is 10.0. The monoisotopic (exact) mass is 365 g/mol. The van der Waals surface area contributed by atoms with Gasteiger partial charge in [-0.25, -0.2) is 4.98 Å². The van der Waals surface area contributed by atoms with Gasteiger partial charge in [-0.2, -0.15) is 0 Å². The largest absolute Gasteiger partial charge is 0.378 e. The maximum Gasteiger partial charge on any atom is 0.0730 e. The number of hydrogen-bond acceptors (Lipinski definition) is 3. The zero-order valence-corrected chi connectivity index (χ0v) is 16.4. The molecule has 0 saturated carbocycles. The number of pyridine rings is 1. The molecular weight excluding hydrogens is 346 g/mol. The Bertz CT molecular complexity index is 724. The quantitative estimate of drug-likeness (QED) is 0.514. The van der Waals surface area contributed by atoms with Crippen molar-refractivity contribution in [2.45, 2.75) is 0 Å². The summed E-state index contributed by atoms with van der Waals surface area (Å²) in [6.07, 6.45) is 0. The molecule has 3 nitrogen and oxygen atoms in total. The summed E-state index contributed by atoms with van der Waals surface area (Å²) in [5.41, 5.74) is 4.43. The molecular formula is C17H19BN3Y. The average Bonchev–Trinajstić information content (AvgIpc) is 2.43. The summed E-state index contributed by atoms with van der Waals surface area (Å²) in [6, 6.07) is 15.0. The van der Waals surface area contributed by atoms with Gasteiger partial charge in [-0.05, 0) is 30.3 Å². The van der Waals surface area contributed by atoms with E-state index in [0.29, 0.717) is 0 Å². The predicted octanol–water partition coefficient (Wildman–Crippen LogP) is 3.14. The Kier molecular flexibility index (Phi) is 6.39. The van der Waals surface area contributed by atoms with Crippen molar-refractivity contribution in [3.05, 3.63) is 42.5 Å². The van der Waals surface area contributed by atoms with Gasteiger partial charge in [-0.3, -0.25) is 0 Å². The van der Waals surface area contributed by atoms with Gasteiger partial charge in [-0.1, -0.05) is 12.1 Å². The minimum Gasteiger partial charge on any atom is -0.378 e. The third-order valence-corrected chi connectivity index (χ3v) is 3.61. The van der Waals surface area contributed by atoms with Crippen LogP contribution in [0.2, 0.25) is 0 Å². The first-order valence-corrected chi connectivity index (χ1v) is 6.74. The van der Waals surface area contributed by atoms with E-state index in [1.165, 1.54) is 22.1 Å². The van der Waals surface area contributed by atoms with Crippen LogP contribution < -0.4 is 9.80 Å². The van der Waals surface area contributed by atoms with Gasteiger partial charge in [0.2, 0.25) is 0 Å². The summed E-state index contributed by atoms with van der Waals surface area (Å²) in [4.78, 5) is 9.01. The van der Waals surface area contributed by atoms with Crippen LogP contribution in [0.1, 0.15) is 0 Å². The fourth-order valence-electron chi connectivity index (χ4n) is 2.36. The second-order valence-corrected chi connectivity index (χ2v) is 5.53. The molecule has 3 aromatic rings. The smallest absolute Gasteiger partial charge is 0.0730 e. The van der Waals surface area contributed by atoms with E-state index in [1.807, 2.05) is 28.2 Å². The number of anilines is 2. The van der Waals surface area contributed by atoms with Crippen LogP contribution in [0.5, 0.6) is 0 Å². The number of fused-ring (bicyclic) bond motifs is 2. The van der Waals surface area contributed by atoms with Gasteiger partial charge in [0.1, 0.15) is 0 Å². The molecule has 0 atom stereocenters. The van der Waals surface area contributed by atoms with Crippen LogP contribution >= 0.6 is 0 Å². The summed E-state index contributed by atoms with van der Waals surface area (Å²) in [5, 5.41) is 2.36. The van der Waals surface area contributed by atoms with Crippen LogP contribution in [-0.2, 0) is 32.7 Å². The van der Waals surface area contributed by atoms with Crippen LogP contribution in [0.3, 0.4) is 0 Å². The van der Waals surface area contributed by atoms with Crippen LogP contribution in [0, 0.1) is 0 Å². The maximum absolute atomic E-state index is 4.81. The second-order valence-electron chi connectivity index (χ2n) is 5.53. The fraction of sp³-hybridized carbons (Fsp3) is 0.235. The fourth-order valence-corrected chi connectivity index (χ4v) is 2.36. The average molecular weight is 365 g/mol. The predicted molar refractivity (Wildman–Crippen MR) is 93.7 cm³/mol. The molecule has 0 bridgehead atoms. The van der Waals surface area contributed by atoms with E-state index >= 15 is 0 Å². The Morgan fingerprint density at radius 1 is 0.682 bits per heavy atom. The molecule has 0 aliphatic heterocycles. The molecule has 0 aliphatic rings. The van der Waals surface area contributed by atoms with Crippen molar-refractivity contribution in [2.24, 2.45) is 0 Å². The van der Waals surface area contributed by atoms with Crippen molar-refractivity contribution in [2.75, 3.05) is 38.0 Å². The number of hydrogen-bond donors (Lipinski definition) is 0. The van der Waals surface area contributed by atoms with Crippen LogP contribution in [0.25, 0.3) is 21.8 Å². The van der Waals surface area contributed by atoms with Crippen molar-refractivity contribution in [3.8, 4) is 0 Å². The number of nitrogens with zero attached hydrogens (tertiary/aromatic N) is 3. The van der Waals surface area contributed by atoms with Gasteiger partial charge < -0.3 is 9.80 Å². The molecule has 0 spiro atoms. The van der Waals surface area contributed by atoms with E-state index in [0.717, 1.165) is 11.0 Å². The summed E-state index contributed by atoms with van der Waals surface area (Å²) >= 11 is 0. The Hall–Kier alpha value is -1.12. The van der Waals surface area contributed by atoms with Crippen molar-refractivity contribution >= 4 is 41.6 Å². The van der Waals surface area contributed by atoms with Gasteiger partial charge in [-0.15, -0.1) is 0 Å². The molecule has 22 heavy (non-hydrogen) atoms. The molecule has 108 valence electrons. The zero-order chi connectivity index (χ0) is 14.3. The number of aromatic nitrogens is 1. The van der Waals surface area contributed by atoms with E-state index in [2.05, 4.69) is 52.3 Å². The van der Waals surface area contributed by atoms with E-state index in [9.17, 15) is 0 Å². The second kappa shape index (κ2) is 7.43. The molecule has 2 aromatic carbocycles. The number of rotatable bonds is 2. The summed E-state index contributed by atoms with van der Waals surface area (Å²) in [5.74, 6) is 0. The van der Waals surface area contributed by atoms with Crippen molar-refractivity contribution in [3.63, 3.8) is 0 Å². The van der Waals surface area contributed by atoms with Gasteiger partial charge in [0, 0.05) is 91.5 Å². The molecule has 0 unspecified atom stereocenters. The standard InChI is InChI=1S/C17H19N3.B.Y/c1-19(2)14-7-5-12-9-13-6-8-15(20(3)4)11-17(13)18-16(12)10-14;;/h5-11H,1-4H3;;. The van der Waals surface area contributed by atoms with E-state index in [-0.39, 0.29) is 41.1 Å². The van der Waals surface area contributed by atoms with Crippen molar-refractivity contribution in [1.29, 1.82) is 0 Å². The summed E-state index contributed by atoms with van der Waals surface area (Å²) in [6.45, 7) is 0. The SMILES string of the molecule is CN(C)c1ccc2cc3ccc(N(C)C)cc3nc2c1.[B].[Y]. The molecule has 0 N–H and O–H groups in total. The maximum atomic E-state index is 4.81. The molecule has 5 heteroatoms. The van der Waals surface area contributed by atoms with Gasteiger partial charge >= 0.3 is 0 Å². The molecule has 0 aliphatic carbocycles. The third-order valence-electron chi connectivity index (χ3n) is 3.61. The summed E-state index contributed by atoms with van der Waals surface area (Å²) in [7, 11) is 8.19.